The van der Waals surface area contributed by atoms with Gasteiger partial charge in [0, 0.05) is 43.6 Å². The van der Waals surface area contributed by atoms with Gasteiger partial charge in [-0.1, -0.05) is 18.2 Å². The first-order chi connectivity index (χ1) is 12.6. The van der Waals surface area contributed by atoms with Gasteiger partial charge in [-0.15, -0.1) is 10.2 Å². The molecule has 7 nitrogen and oxygen atoms in total. The molecule has 2 aromatic heterocycles. The van der Waals surface area contributed by atoms with Gasteiger partial charge in [-0.25, -0.2) is 0 Å². The lowest BCUT2D eigenvalue weighted by Gasteiger charge is -2.26. The molecule has 0 bridgehead atoms. The van der Waals surface area contributed by atoms with Crippen molar-refractivity contribution >= 4 is 16.9 Å². The van der Waals surface area contributed by atoms with Crippen LogP contribution in [0.3, 0.4) is 0 Å². The normalized spacial score (nSPS) is 17.3. The fourth-order valence-corrected chi connectivity index (χ4v) is 3.63. The standard InChI is InChI=1S/C19H22N4O3/c1-12-10-16-20-21-17(11-25-3)23(16)9-8-22(12)19(24)18-13(2)14-6-4-5-7-15(14)26-18/h4-7,12H,8-11H2,1-3H3/t12-/m1/s1. The zero-order valence-electron chi connectivity index (χ0n) is 15.2. The van der Waals surface area contributed by atoms with Crippen molar-refractivity contribution < 1.29 is 13.9 Å². The maximum Gasteiger partial charge on any atom is 0.290 e. The molecule has 1 aliphatic rings. The molecule has 0 aliphatic carbocycles. The molecule has 3 heterocycles. The number of hydrogen-bond donors (Lipinski definition) is 0. The monoisotopic (exact) mass is 354 g/mol. The first kappa shape index (κ1) is 16.8. The van der Waals surface area contributed by atoms with Crippen LogP contribution < -0.4 is 0 Å². The maximum absolute atomic E-state index is 13.2. The number of ether oxygens (including phenoxy) is 1. The predicted molar refractivity (Wildman–Crippen MR) is 95.9 cm³/mol. The Bertz CT molecular complexity index is 959. The van der Waals surface area contributed by atoms with E-state index in [1.54, 1.807) is 7.11 Å². The fourth-order valence-electron chi connectivity index (χ4n) is 3.63. The molecule has 0 saturated carbocycles. The molecular weight excluding hydrogens is 332 g/mol. The number of rotatable bonds is 3. The minimum absolute atomic E-state index is 0.0101. The number of benzene rings is 1. The summed E-state index contributed by atoms with van der Waals surface area (Å²) in [5.74, 6) is 2.04. The van der Waals surface area contributed by atoms with Crippen molar-refractivity contribution in [3.63, 3.8) is 0 Å². The van der Waals surface area contributed by atoms with E-state index in [4.69, 9.17) is 9.15 Å². The third-order valence-corrected chi connectivity index (χ3v) is 5.05. The van der Waals surface area contributed by atoms with Crippen molar-refractivity contribution in [1.29, 1.82) is 0 Å². The zero-order chi connectivity index (χ0) is 18.3. The van der Waals surface area contributed by atoms with Crippen LogP contribution >= 0.6 is 0 Å². The van der Waals surface area contributed by atoms with Crippen LogP contribution in [0.15, 0.2) is 28.7 Å². The van der Waals surface area contributed by atoms with Gasteiger partial charge in [0.25, 0.3) is 5.91 Å². The number of carbonyl (C=O) groups is 1. The van der Waals surface area contributed by atoms with E-state index in [1.165, 1.54) is 0 Å². The number of hydrogen-bond acceptors (Lipinski definition) is 5. The summed E-state index contributed by atoms with van der Waals surface area (Å²) < 4.78 is 13.1. The first-order valence-electron chi connectivity index (χ1n) is 8.79. The van der Waals surface area contributed by atoms with Crippen LogP contribution in [0.1, 0.15) is 34.7 Å². The van der Waals surface area contributed by atoms with Crippen LogP contribution in [0.2, 0.25) is 0 Å². The molecule has 136 valence electrons. The molecule has 0 spiro atoms. The van der Waals surface area contributed by atoms with Crippen molar-refractivity contribution in [3.8, 4) is 0 Å². The smallest absolute Gasteiger partial charge is 0.290 e. The molecule has 0 radical (unpaired) electrons. The molecule has 7 heteroatoms. The lowest BCUT2D eigenvalue weighted by atomic mass is 10.1. The van der Waals surface area contributed by atoms with E-state index < -0.39 is 0 Å². The highest BCUT2D eigenvalue weighted by atomic mass is 16.5. The van der Waals surface area contributed by atoms with Crippen molar-refractivity contribution in [2.75, 3.05) is 13.7 Å². The number of carbonyl (C=O) groups excluding carboxylic acids is 1. The SMILES string of the molecule is COCc1nnc2n1CCN(C(=O)c1oc3ccccc3c1C)[C@H](C)C2. The average Bonchev–Trinajstić information content (AvgIpc) is 3.11. The van der Waals surface area contributed by atoms with Gasteiger partial charge in [-0.2, -0.15) is 0 Å². The molecule has 0 saturated heterocycles. The summed E-state index contributed by atoms with van der Waals surface area (Å²) in [6.07, 6.45) is 0.654. The topological polar surface area (TPSA) is 73.4 Å². The zero-order valence-corrected chi connectivity index (χ0v) is 15.2. The summed E-state index contributed by atoms with van der Waals surface area (Å²) in [6.45, 7) is 5.62. The van der Waals surface area contributed by atoms with Crippen LogP contribution in [0.25, 0.3) is 11.0 Å². The van der Waals surface area contributed by atoms with Gasteiger partial charge >= 0.3 is 0 Å². The highest BCUT2D eigenvalue weighted by molar-refractivity contribution is 5.99. The molecular formula is C19H22N4O3. The van der Waals surface area contributed by atoms with E-state index >= 15 is 0 Å². The van der Waals surface area contributed by atoms with Crippen molar-refractivity contribution in [2.45, 2.75) is 39.5 Å². The molecule has 0 unspecified atom stereocenters. The molecule has 3 aromatic rings. The largest absolute Gasteiger partial charge is 0.451 e. The average molecular weight is 354 g/mol. The molecule has 1 atom stereocenters. The second-order valence-electron chi connectivity index (χ2n) is 6.72. The number of methoxy groups -OCH3 is 1. The fraction of sp³-hybridized carbons (Fsp3) is 0.421. The molecule has 0 N–H and O–H groups in total. The Labute approximate surface area is 151 Å². The Morgan fingerprint density at radius 1 is 1.31 bits per heavy atom. The number of aromatic nitrogens is 3. The lowest BCUT2D eigenvalue weighted by molar-refractivity contribution is 0.0663. The summed E-state index contributed by atoms with van der Waals surface area (Å²) in [6, 6.07) is 7.75. The summed E-state index contributed by atoms with van der Waals surface area (Å²) in [5.41, 5.74) is 1.64. The molecule has 1 aromatic carbocycles. The van der Waals surface area contributed by atoms with Gasteiger partial charge < -0.3 is 18.6 Å². The number of nitrogens with zero attached hydrogens (tertiary/aromatic N) is 4. The van der Waals surface area contributed by atoms with Crippen molar-refractivity contribution in [1.82, 2.24) is 19.7 Å². The van der Waals surface area contributed by atoms with E-state index in [-0.39, 0.29) is 11.9 Å². The second-order valence-corrected chi connectivity index (χ2v) is 6.72. The Kier molecular flexibility index (Phi) is 4.24. The van der Waals surface area contributed by atoms with E-state index in [0.717, 1.165) is 28.2 Å². The Balaban J connectivity index is 1.63. The summed E-state index contributed by atoms with van der Waals surface area (Å²) >= 11 is 0. The lowest BCUT2D eigenvalue weighted by Crippen LogP contribution is -2.40. The van der Waals surface area contributed by atoms with E-state index in [9.17, 15) is 4.79 Å². The minimum Gasteiger partial charge on any atom is -0.451 e. The van der Waals surface area contributed by atoms with Gasteiger partial charge in [-0.3, -0.25) is 4.79 Å². The highest BCUT2D eigenvalue weighted by Crippen LogP contribution is 2.27. The number of furan rings is 1. The van der Waals surface area contributed by atoms with E-state index in [0.29, 0.717) is 31.9 Å². The van der Waals surface area contributed by atoms with Crippen LogP contribution in [0.5, 0.6) is 0 Å². The van der Waals surface area contributed by atoms with Gasteiger partial charge in [0.2, 0.25) is 0 Å². The molecule has 4 rings (SSSR count). The highest BCUT2D eigenvalue weighted by Gasteiger charge is 2.30. The van der Waals surface area contributed by atoms with Crippen molar-refractivity contribution in [2.24, 2.45) is 0 Å². The Morgan fingerprint density at radius 2 is 2.12 bits per heavy atom. The Morgan fingerprint density at radius 3 is 2.88 bits per heavy atom. The number of aryl methyl sites for hydroxylation is 1. The van der Waals surface area contributed by atoms with Gasteiger partial charge in [0.05, 0.1) is 0 Å². The number of fused-ring (bicyclic) bond motifs is 2. The van der Waals surface area contributed by atoms with Crippen molar-refractivity contribution in [3.05, 3.63) is 47.2 Å². The molecule has 26 heavy (non-hydrogen) atoms. The van der Waals surface area contributed by atoms with Gasteiger partial charge in [0.1, 0.15) is 18.0 Å². The first-order valence-corrected chi connectivity index (χ1v) is 8.79. The van der Waals surface area contributed by atoms with Crippen LogP contribution in [0, 0.1) is 6.92 Å². The summed E-state index contributed by atoms with van der Waals surface area (Å²) in [7, 11) is 1.64. The Hall–Kier alpha value is -2.67. The van der Waals surface area contributed by atoms with Crippen LogP contribution in [-0.4, -0.2) is 45.3 Å². The summed E-state index contributed by atoms with van der Waals surface area (Å²) in [4.78, 5) is 15.1. The third kappa shape index (κ3) is 2.68. The van der Waals surface area contributed by atoms with E-state index in [2.05, 4.69) is 14.8 Å². The van der Waals surface area contributed by atoms with Gasteiger partial charge in [0.15, 0.2) is 11.6 Å². The minimum atomic E-state index is -0.0711. The van der Waals surface area contributed by atoms with Crippen LogP contribution in [0.4, 0.5) is 0 Å². The third-order valence-electron chi connectivity index (χ3n) is 5.05. The van der Waals surface area contributed by atoms with Crippen LogP contribution in [-0.2, 0) is 24.3 Å². The molecule has 1 amide bonds. The number of para-hydroxylation sites is 1. The summed E-state index contributed by atoms with van der Waals surface area (Å²) in [5, 5.41) is 9.46. The predicted octanol–water partition coefficient (Wildman–Crippen LogP) is 2.57. The molecule has 1 aliphatic heterocycles. The quantitative estimate of drug-likeness (QED) is 0.723. The molecule has 0 fully saturated rings. The number of amides is 1. The van der Waals surface area contributed by atoms with Gasteiger partial charge in [-0.05, 0) is 19.9 Å². The second kappa shape index (κ2) is 6.57. The van der Waals surface area contributed by atoms with E-state index in [1.807, 2.05) is 43.0 Å². The maximum atomic E-state index is 13.2.